The van der Waals surface area contributed by atoms with Crippen LogP contribution in [-0.4, -0.2) is 5.21 Å². The second kappa shape index (κ2) is 4.15. The van der Waals surface area contributed by atoms with Crippen LogP contribution < -0.4 is 5.48 Å². The average Bonchev–Trinajstić information content (AvgIpc) is 1.82. The molecule has 0 aromatic heterocycles. The van der Waals surface area contributed by atoms with Gasteiger partial charge in [-0.1, -0.05) is 26.5 Å². The number of nitrogens with one attached hydrogen (secondary N) is 1. The van der Waals surface area contributed by atoms with Crippen LogP contribution in [0.4, 0.5) is 0 Å². The molecular formula is C7H13NO. The van der Waals surface area contributed by atoms with Crippen LogP contribution >= 0.6 is 0 Å². The van der Waals surface area contributed by atoms with Crippen LogP contribution in [-0.2, 0) is 0 Å². The van der Waals surface area contributed by atoms with Crippen molar-refractivity contribution in [3.63, 3.8) is 0 Å². The van der Waals surface area contributed by atoms with Crippen LogP contribution in [0.15, 0.2) is 24.4 Å². The lowest BCUT2D eigenvalue weighted by atomic mass is 10.1. The molecule has 9 heavy (non-hydrogen) atoms. The molecule has 2 nitrogen and oxygen atoms in total. The van der Waals surface area contributed by atoms with E-state index in [4.69, 9.17) is 5.21 Å². The molecule has 0 aromatic carbocycles. The molecule has 0 saturated heterocycles. The van der Waals surface area contributed by atoms with Gasteiger partial charge in [-0.2, -0.15) is 0 Å². The second-order valence-electron chi connectivity index (χ2n) is 2.12. The smallest absolute Gasteiger partial charge is 0.0401 e. The summed E-state index contributed by atoms with van der Waals surface area (Å²) in [5, 5.41) is 8.46. The Morgan fingerprint density at radius 2 is 2.22 bits per heavy atom. The van der Waals surface area contributed by atoms with Gasteiger partial charge in [0, 0.05) is 5.70 Å². The third-order valence-corrected chi connectivity index (χ3v) is 1.05. The zero-order valence-electron chi connectivity index (χ0n) is 5.89. The highest BCUT2D eigenvalue weighted by Crippen LogP contribution is 2.03. The van der Waals surface area contributed by atoms with Gasteiger partial charge in [0.1, 0.15) is 0 Å². The fraction of sp³-hybridized carbons (Fsp3) is 0.429. The Kier molecular flexibility index (Phi) is 3.80. The second-order valence-corrected chi connectivity index (χ2v) is 2.12. The molecule has 0 aliphatic carbocycles. The summed E-state index contributed by atoms with van der Waals surface area (Å²) in [6, 6.07) is 0. The fourth-order valence-corrected chi connectivity index (χ4v) is 0.486. The highest BCUT2D eigenvalue weighted by molar-refractivity contribution is 5.08. The van der Waals surface area contributed by atoms with Crippen molar-refractivity contribution in [2.45, 2.75) is 13.8 Å². The quantitative estimate of drug-likeness (QED) is 0.446. The Balaban J connectivity index is 3.96. The van der Waals surface area contributed by atoms with Gasteiger partial charge in [0.2, 0.25) is 0 Å². The molecule has 0 spiro atoms. The lowest BCUT2D eigenvalue weighted by Crippen LogP contribution is -2.11. The first-order valence-electron chi connectivity index (χ1n) is 2.95. The fourth-order valence-electron chi connectivity index (χ4n) is 0.486. The monoisotopic (exact) mass is 127 g/mol. The Morgan fingerprint density at radius 1 is 1.67 bits per heavy atom. The molecule has 0 heterocycles. The van der Waals surface area contributed by atoms with Gasteiger partial charge in [0.25, 0.3) is 0 Å². The van der Waals surface area contributed by atoms with Gasteiger partial charge in [-0.3, -0.25) is 10.7 Å². The summed E-state index contributed by atoms with van der Waals surface area (Å²) in [5.74, 6) is 0.313. The van der Waals surface area contributed by atoms with E-state index in [-0.39, 0.29) is 0 Å². The van der Waals surface area contributed by atoms with E-state index >= 15 is 0 Å². The first kappa shape index (κ1) is 8.24. The molecular weight excluding hydrogens is 114 g/mol. The Hall–Kier alpha value is -0.760. The molecule has 0 bridgehead atoms. The van der Waals surface area contributed by atoms with Crippen molar-refractivity contribution >= 4 is 0 Å². The van der Waals surface area contributed by atoms with Crippen LogP contribution in [0.1, 0.15) is 13.8 Å². The normalized spacial score (nSPS) is 11.8. The predicted molar refractivity (Wildman–Crippen MR) is 38.0 cm³/mol. The van der Waals surface area contributed by atoms with Crippen LogP contribution in [0, 0.1) is 5.92 Å². The van der Waals surface area contributed by atoms with Crippen LogP contribution in [0.5, 0.6) is 0 Å². The number of hydrogen-bond acceptors (Lipinski definition) is 2. The summed E-state index contributed by atoms with van der Waals surface area (Å²) in [7, 11) is 0. The topological polar surface area (TPSA) is 32.3 Å². The van der Waals surface area contributed by atoms with Gasteiger partial charge >= 0.3 is 0 Å². The largest absolute Gasteiger partial charge is 0.291 e. The molecule has 0 radical (unpaired) electrons. The average molecular weight is 127 g/mol. The number of hydroxylamine groups is 1. The SMILES string of the molecule is C=C/C=C(/NO)C(C)C. The number of hydrogen-bond donors (Lipinski definition) is 2. The van der Waals surface area contributed by atoms with E-state index < -0.39 is 0 Å². The summed E-state index contributed by atoms with van der Waals surface area (Å²) in [6.45, 7) is 7.47. The van der Waals surface area contributed by atoms with Crippen LogP contribution in [0.2, 0.25) is 0 Å². The lowest BCUT2D eigenvalue weighted by Gasteiger charge is -2.06. The zero-order valence-corrected chi connectivity index (χ0v) is 5.89. The van der Waals surface area contributed by atoms with Crippen molar-refractivity contribution in [1.82, 2.24) is 5.48 Å². The molecule has 0 saturated carbocycles. The Labute approximate surface area is 55.8 Å². The van der Waals surface area contributed by atoms with Crippen molar-refractivity contribution < 1.29 is 5.21 Å². The summed E-state index contributed by atoms with van der Waals surface area (Å²) in [5.41, 5.74) is 2.87. The molecule has 0 aliphatic rings. The van der Waals surface area contributed by atoms with Gasteiger partial charge in [-0.25, -0.2) is 0 Å². The van der Waals surface area contributed by atoms with E-state index in [0.717, 1.165) is 5.70 Å². The van der Waals surface area contributed by atoms with Gasteiger partial charge in [-0.15, -0.1) is 0 Å². The highest BCUT2D eigenvalue weighted by Gasteiger charge is 1.97. The van der Waals surface area contributed by atoms with E-state index in [2.05, 4.69) is 12.1 Å². The Bertz CT molecular complexity index is 116. The van der Waals surface area contributed by atoms with Crippen molar-refractivity contribution in [1.29, 1.82) is 0 Å². The van der Waals surface area contributed by atoms with E-state index in [1.54, 1.807) is 12.2 Å². The molecule has 0 amide bonds. The molecule has 0 unspecified atom stereocenters. The molecule has 0 aliphatic heterocycles. The molecule has 0 aromatic rings. The first-order valence-corrected chi connectivity index (χ1v) is 2.95. The third-order valence-electron chi connectivity index (χ3n) is 1.05. The molecule has 0 rings (SSSR count). The number of allylic oxidation sites excluding steroid dienone is 3. The van der Waals surface area contributed by atoms with Crippen molar-refractivity contribution in [2.24, 2.45) is 5.92 Å². The zero-order chi connectivity index (χ0) is 7.28. The van der Waals surface area contributed by atoms with Gasteiger partial charge in [0.05, 0.1) is 0 Å². The van der Waals surface area contributed by atoms with E-state index in [1.807, 2.05) is 13.8 Å². The maximum Gasteiger partial charge on any atom is 0.0401 e. The van der Waals surface area contributed by atoms with Gasteiger partial charge in [-0.05, 0) is 12.0 Å². The summed E-state index contributed by atoms with van der Waals surface area (Å²) >= 11 is 0. The molecule has 2 N–H and O–H groups in total. The van der Waals surface area contributed by atoms with E-state index in [1.165, 1.54) is 0 Å². The van der Waals surface area contributed by atoms with Crippen molar-refractivity contribution in [2.75, 3.05) is 0 Å². The number of rotatable bonds is 3. The summed E-state index contributed by atoms with van der Waals surface area (Å²) < 4.78 is 0. The summed E-state index contributed by atoms with van der Waals surface area (Å²) in [6.07, 6.45) is 3.38. The predicted octanol–water partition coefficient (Wildman–Crippen LogP) is 1.69. The molecule has 52 valence electrons. The maximum atomic E-state index is 8.46. The van der Waals surface area contributed by atoms with E-state index in [0.29, 0.717) is 5.92 Å². The van der Waals surface area contributed by atoms with Gasteiger partial charge in [0.15, 0.2) is 0 Å². The molecule has 2 heteroatoms. The standard InChI is InChI=1S/C7H13NO/c1-4-5-7(8-9)6(2)3/h4-6,8-9H,1H2,2-3H3/b7-5+. The Morgan fingerprint density at radius 3 is 2.33 bits per heavy atom. The lowest BCUT2D eigenvalue weighted by molar-refractivity contribution is 0.189. The summed E-state index contributed by atoms with van der Waals surface area (Å²) in [4.78, 5) is 0. The first-order chi connectivity index (χ1) is 4.22. The van der Waals surface area contributed by atoms with Crippen LogP contribution in [0.25, 0.3) is 0 Å². The van der Waals surface area contributed by atoms with Crippen molar-refractivity contribution in [3.8, 4) is 0 Å². The molecule has 0 fully saturated rings. The van der Waals surface area contributed by atoms with Gasteiger partial charge < -0.3 is 0 Å². The minimum Gasteiger partial charge on any atom is -0.291 e. The minimum absolute atomic E-state index is 0.313. The van der Waals surface area contributed by atoms with Crippen molar-refractivity contribution in [3.05, 3.63) is 24.4 Å². The molecule has 0 atom stereocenters. The van der Waals surface area contributed by atoms with E-state index in [9.17, 15) is 0 Å². The minimum atomic E-state index is 0.313. The highest BCUT2D eigenvalue weighted by atomic mass is 16.5. The van der Waals surface area contributed by atoms with Crippen LogP contribution in [0.3, 0.4) is 0 Å². The third kappa shape index (κ3) is 2.93. The maximum absolute atomic E-state index is 8.46.